The average molecular weight is 229 g/mol. The molecule has 0 heterocycles. The second-order valence-electron chi connectivity index (χ2n) is 5.91. The molecule has 1 nitrogen and oxygen atoms in total. The molecule has 0 spiro atoms. The van der Waals surface area contributed by atoms with E-state index in [0.717, 1.165) is 12.5 Å². The predicted octanol–water partition coefficient (Wildman–Crippen LogP) is 3.72. The van der Waals surface area contributed by atoms with E-state index >= 15 is 0 Å². The van der Waals surface area contributed by atoms with Gasteiger partial charge in [-0.25, -0.2) is 0 Å². The van der Waals surface area contributed by atoms with Crippen LogP contribution < -0.4 is 5.73 Å². The molecular formula is C16H23N. The summed E-state index contributed by atoms with van der Waals surface area (Å²) in [6.45, 7) is 0.830. The summed E-state index contributed by atoms with van der Waals surface area (Å²) in [6, 6.07) is 9.10. The molecule has 0 saturated heterocycles. The van der Waals surface area contributed by atoms with Gasteiger partial charge in [-0.3, -0.25) is 0 Å². The van der Waals surface area contributed by atoms with Crippen LogP contribution in [0.4, 0.5) is 0 Å². The molecule has 92 valence electrons. The van der Waals surface area contributed by atoms with Crippen LogP contribution in [0.2, 0.25) is 0 Å². The highest BCUT2D eigenvalue weighted by atomic mass is 14.7. The van der Waals surface area contributed by atoms with Gasteiger partial charge in [0.25, 0.3) is 0 Å². The van der Waals surface area contributed by atoms with Crippen LogP contribution in [0, 0.1) is 0 Å². The summed E-state index contributed by atoms with van der Waals surface area (Å²) < 4.78 is 0. The average Bonchev–Trinajstić information content (AvgIpc) is 3.21. The van der Waals surface area contributed by atoms with E-state index in [2.05, 4.69) is 24.3 Å². The molecule has 1 aromatic carbocycles. The quantitative estimate of drug-likeness (QED) is 0.839. The lowest BCUT2D eigenvalue weighted by Crippen LogP contribution is -2.22. The summed E-state index contributed by atoms with van der Waals surface area (Å²) in [5, 5.41) is 0. The van der Waals surface area contributed by atoms with Crippen LogP contribution in [-0.4, -0.2) is 6.54 Å². The summed E-state index contributed by atoms with van der Waals surface area (Å²) in [5.41, 5.74) is 9.55. The number of nitrogens with two attached hydrogens (primary N) is 1. The standard InChI is InChI=1S/C16H23N/c17-12-16(10-11-16)15-9-5-4-8-14(15)13-6-2-1-3-7-13/h4-5,8-9,13H,1-3,6-7,10-12,17H2. The Morgan fingerprint density at radius 1 is 1.06 bits per heavy atom. The van der Waals surface area contributed by atoms with Crippen LogP contribution in [0.1, 0.15) is 62.0 Å². The van der Waals surface area contributed by atoms with E-state index in [4.69, 9.17) is 5.73 Å². The first-order valence-electron chi connectivity index (χ1n) is 7.15. The zero-order valence-corrected chi connectivity index (χ0v) is 10.6. The van der Waals surface area contributed by atoms with Crippen molar-refractivity contribution >= 4 is 0 Å². The highest BCUT2D eigenvalue weighted by molar-refractivity contribution is 5.41. The Labute approximate surface area is 104 Å². The van der Waals surface area contributed by atoms with E-state index in [1.54, 1.807) is 11.1 Å². The highest BCUT2D eigenvalue weighted by Crippen LogP contribution is 2.50. The maximum Gasteiger partial charge on any atom is 0.00790 e. The third-order valence-corrected chi connectivity index (χ3v) is 4.82. The second-order valence-corrected chi connectivity index (χ2v) is 5.91. The number of hydrogen-bond donors (Lipinski definition) is 1. The van der Waals surface area contributed by atoms with Gasteiger partial charge in [0.15, 0.2) is 0 Å². The van der Waals surface area contributed by atoms with Crippen molar-refractivity contribution in [2.75, 3.05) is 6.54 Å². The van der Waals surface area contributed by atoms with Crippen LogP contribution in [-0.2, 0) is 5.41 Å². The number of benzene rings is 1. The van der Waals surface area contributed by atoms with Crippen LogP contribution in [0.3, 0.4) is 0 Å². The summed E-state index contributed by atoms with van der Waals surface area (Å²) in [5.74, 6) is 0.809. The van der Waals surface area contributed by atoms with Gasteiger partial charge in [0, 0.05) is 12.0 Å². The maximum absolute atomic E-state index is 6.00. The van der Waals surface area contributed by atoms with Gasteiger partial charge in [-0.15, -0.1) is 0 Å². The van der Waals surface area contributed by atoms with Gasteiger partial charge >= 0.3 is 0 Å². The zero-order valence-electron chi connectivity index (χ0n) is 10.6. The molecule has 3 rings (SSSR count). The Kier molecular flexibility index (Phi) is 2.96. The minimum atomic E-state index is 0.355. The molecule has 2 fully saturated rings. The normalized spacial score (nSPS) is 23.6. The minimum Gasteiger partial charge on any atom is -0.330 e. The van der Waals surface area contributed by atoms with E-state index in [1.807, 2.05) is 0 Å². The molecule has 0 radical (unpaired) electrons. The Hall–Kier alpha value is -0.820. The van der Waals surface area contributed by atoms with E-state index in [-0.39, 0.29) is 0 Å². The topological polar surface area (TPSA) is 26.0 Å². The first-order valence-corrected chi connectivity index (χ1v) is 7.15. The van der Waals surface area contributed by atoms with Crippen molar-refractivity contribution in [3.63, 3.8) is 0 Å². The Morgan fingerprint density at radius 3 is 2.41 bits per heavy atom. The van der Waals surface area contributed by atoms with Crippen molar-refractivity contribution in [2.45, 2.75) is 56.3 Å². The van der Waals surface area contributed by atoms with Crippen LogP contribution in [0.15, 0.2) is 24.3 Å². The third-order valence-electron chi connectivity index (χ3n) is 4.82. The molecule has 0 amide bonds. The molecule has 2 aliphatic rings. The minimum absolute atomic E-state index is 0.355. The van der Waals surface area contributed by atoms with Crippen molar-refractivity contribution in [3.05, 3.63) is 35.4 Å². The predicted molar refractivity (Wildman–Crippen MR) is 72.2 cm³/mol. The number of hydrogen-bond acceptors (Lipinski definition) is 1. The van der Waals surface area contributed by atoms with Crippen molar-refractivity contribution in [3.8, 4) is 0 Å². The second kappa shape index (κ2) is 4.45. The molecule has 0 aliphatic heterocycles. The monoisotopic (exact) mass is 229 g/mol. The highest BCUT2D eigenvalue weighted by Gasteiger charge is 2.44. The molecule has 2 saturated carbocycles. The molecule has 0 unspecified atom stereocenters. The molecule has 0 bridgehead atoms. The molecule has 1 aromatic rings. The van der Waals surface area contributed by atoms with Gasteiger partial charge in [-0.2, -0.15) is 0 Å². The largest absolute Gasteiger partial charge is 0.330 e. The van der Waals surface area contributed by atoms with Crippen molar-refractivity contribution in [1.29, 1.82) is 0 Å². The number of rotatable bonds is 3. The fourth-order valence-corrected chi connectivity index (χ4v) is 3.48. The van der Waals surface area contributed by atoms with E-state index in [1.165, 1.54) is 44.9 Å². The molecule has 2 N–H and O–H groups in total. The van der Waals surface area contributed by atoms with E-state index in [0.29, 0.717) is 5.41 Å². The van der Waals surface area contributed by atoms with Crippen LogP contribution in [0.25, 0.3) is 0 Å². The van der Waals surface area contributed by atoms with Gasteiger partial charge < -0.3 is 5.73 Å². The van der Waals surface area contributed by atoms with Gasteiger partial charge in [0.1, 0.15) is 0 Å². The Morgan fingerprint density at radius 2 is 1.76 bits per heavy atom. The summed E-state index contributed by atoms with van der Waals surface area (Å²) >= 11 is 0. The first-order chi connectivity index (χ1) is 8.36. The summed E-state index contributed by atoms with van der Waals surface area (Å²) in [7, 11) is 0. The van der Waals surface area contributed by atoms with Crippen molar-refractivity contribution < 1.29 is 0 Å². The maximum atomic E-state index is 6.00. The van der Waals surface area contributed by atoms with Gasteiger partial charge in [0.05, 0.1) is 0 Å². The summed E-state index contributed by atoms with van der Waals surface area (Å²) in [6.07, 6.45) is 9.62. The fourth-order valence-electron chi connectivity index (χ4n) is 3.48. The first kappa shape index (κ1) is 11.3. The van der Waals surface area contributed by atoms with E-state index in [9.17, 15) is 0 Å². The fraction of sp³-hybridized carbons (Fsp3) is 0.625. The smallest absolute Gasteiger partial charge is 0.00790 e. The van der Waals surface area contributed by atoms with E-state index < -0.39 is 0 Å². The summed E-state index contributed by atoms with van der Waals surface area (Å²) in [4.78, 5) is 0. The SMILES string of the molecule is NCC1(c2ccccc2C2CCCCC2)CC1. The van der Waals surface area contributed by atoms with Crippen LogP contribution in [0.5, 0.6) is 0 Å². The van der Waals surface area contributed by atoms with Gasteiger partial charge in [0.2, 0.25) is 0 Å². The van der Waals surface area contributed by atoms with Crippen molar-refractivity contribution in [2.24, 2.45) is 5.73 Å². The molecule has 0 atom stereocenters. The Bertz CT molecular complexity index is 386. The van der Waals surface area contributed by atoms with Crippen molar-refractivity contribution in [1.82, 2.24) is 0 Å². The lowest BCUT2D eigenvalue weighted by atomic mass is 9.78. The third kappa shape index (κ3) is 2.01. The van der Waals surface area contributed by atoms with Crippen LogP contribution >= 0.6 is 0 Å². The molecule has 2 aliphatic carbocycles. The lowest BCUT2D eigenvalue weighted by Gasteiger charge is -2.27. The zero-order chi connectivity index (χ0) is 11.7. The molecule has 1 heteroatoms. The molecular weight excluding hydrogens is 206 g/mol. The lowest BCUT2D eigenvalue weighted by molar-refractivity contribution is 0.439. The molecule has 0 aromatic heterocycles. The van der Waals surface area contributed by atoms with Gasteiger partial charge in [-0.05, 0) is 42.7 Å². The van der Waals surface area contributed by atoms with Gasteiger partial charge in [-0.1, -0.05) is 43.5 Å². The Balaban J connectivity index is 1.93. The molecule has 17 heavy (non-hydrogen) atoms.